The van der Waals surface area contributed by atoms with Crippen molar-refractivity contribution in [3.05, 3.63) is 39.9 Å². The normalized spacial score (nSPS) is 14.0. The molecule has 2 aromatic rings. The molecule has 0 aromatic carbocycles. The monoisotopic (exact) mass is 375 g/mol. The Kier molecular flexibility index (Phi) is 5.84. The molecule has 144 valence electrons. The summed E-state index contributed by atoms with van der Waals surface area (Å²) in [6.07, 6.45) is 3.54. The van der Waals surface area contributed by atoms with Crippen LogP contribution in [0.4, 0.5) is 11.7 Å². The first-order valence-electron chi connectivity index (χ1n) is 8.79. The van der Waals surface area contributed by atoms with Crippen molar-refractivity contribution >= 4 is 17.6 Å². The topological polar surface area (TPSA) is 124 Å². The van der Waals surface area contributed by atoms with E-state index >= 15 is 0 Å². The van der Waals surface area contributed by atoms with E-state index in [0.717, 1.165) is 37.8 Å². The fraction of sp³-hybridized carbons (Fsp3) is 0.471. The Hall–Kier alpha value is -3.17. The van der Waals surface area contributed by atoms with Gasteiger partial charge < -0.3 is 19.4 Å². The molecule has 0 radical (unpaired) electrons. The molecule has 0 atom stereocenters. The number of hydrogen-bond acceptors (Lipinski definition) is 8. The smallest absolute Gasteiger partial charge is 0.433 e. The molecule has 1 fully saturated rings. The highest BCUT2D eigenvalue weighted by atomic mass is 16.6. The quantitative estimate of drug-likeness (QED) is 0.443. The number of furan rings is 1. The Labute approximate surface area is 155 Å². The lowest BCUT2D eigenvalue weighted by atomic mass is 10.1. The molecule has 10 nitrogen and oxygen atoms in total. The van der Waals surface area contributed by atoms with E-state index in [1.165, 1.54) is 12.5 Å². The van der Waals surface area contributed by atoms with Crippen LogP contribution < -0.4 is 15.0 Å². The summed E-state index contributed by atoms with van der Waals surface area (Å²) in [4.78, 5) is 32.7. The minimum atomic E-state index is -0.697. The van der Waals surface area contributed by atoms with Crippen LogP contribution in [-0.2, 0) is 0 Å². The number of ether oxygens (including phenoxy) is 1. The van der Waals surface area contributed by atoms with Gasteiger partial charge in [-0.25, -0.2) is 4.98 Å². The summed E-state index contributed by atoms with van der Waals surface area (Å²) >= 11 is 0. The fourth-order valence-electron chi connectivity index (χ4n) is 2.84. The van der Waals surface area contributed by atoms with Gasteiger partial charge in [0, 0.05) is 19.2 Å². The third-order valence-electron chi connectivity index (χ3n) is 4.11. The van der Waals surface area contributed by atoms with Gasteiger partial charge in [-0.3, -0.25) is 14.9 Å². The van der Waals surface area contributed by atoms with Crippen molar-refractivity contribution in [2.24, 2.45) is 0 Å². The van der Waals surface area contributed by atoms with Crippen molar-refractivity contribution in [3.8, 4) is 5.88 Å². The van der Waals surface area contributed by atoms with Crippen LogP contribution in [0.1, 0.15) is 35.6 Å². The zero-order valence-corrected chi connectivity index (χ0v) is 15.0. The molecule has 0 saturated carbocycles. The second-order valence-corrected chi connectivity index (χ2v) is 6.16. The van der Waals surface area contributed by atoms with E-state index in [9.17, 15) is 14.9 Å². The summed E-state index contributed by atoms with van der Waals surface area (Å²) < 4.78 is 10.5. The summed E-state index contributed by atoms with van der Waals surface area (Å²) in [5.41, 5.74) is 0. The Bertz CT molecular complexity index is 816. The first kappa shape index (κ1) is 18.6. The number of hydrogen-bond donors (Lipinski definition) is 1. The van der Waals surface area contributed by atoms with Gasteiger partial charge >= 0.3 is 5.88 Å². The lowest BCUT2D eigenvalue weighted by Gasteiger charge is -2.28. The fourth-order valence-corrected chi connectivity index (χ4v) is 2.84. The third-order valence-corrected chi connectivity index (χ3v) is 4.11. The number of nitro groups is 1. The second-order valence-electron chi connectivity index (χ2n) is 6.16. The maximum atomic E-state index is 11.9. The van der Waals surface area contributed by atoms with E-state index in [0.29, 0.717) is 11.7 Å². The third kappa shape index (κ3) is 4.93. The molecule has 2 aromatic heterocycles. The number of piperidine rings is 1. The van der Waals surface area contributed by atoms with Gasteiger partial charge in [-0.05, 0) is 32.3 Å². The lowest BCUT2D eigenvalue weighted by molar-refractivity contribution is -0.402. The van der Waals surface area contributed by atoms with Crippen molar-refractivity contribution in [1.82, 2.24) is 15.3 Å². The summed E-state index contributed by atoms with van der Waals surface area (Å²) in [7, 11) is 0. The molecule has 1 N–H and O–H groups in total. The summed E-state index contributed by atoms with van der Waals surface area (Å²) in [6.45, 7) is 4.16. The molecule has 3 heterocycles. The van der Waals surface area contributed by atoms with E-state index in [1.807, 2.05) is 6.92 Å². The standard InChI is InChI=1S/C17H21N5O5/c1-12-19-14(21-8-3-2-4-9-21)11-15(20-12)26-10-7-18-17(23)13-5-6-16(27-13)22(24)25/h5-6,11H,2-4,7-10H2,1H3,(H,18,23). The summed E-state index contributed by atoms with van der Waals surface area (Å²) in [5.74, 6) is 0.791. The van der Waals surface area contributed by atoms with E-state index in [-0.39, 0.29) is 18.9 Å². The van der Waals surface area contributed by atoms with Gasteiger partial charge in [0.2, 0.25) is 5.88 Å². The molecule has 0 unspecified atom stereocenters. The van der Waals surface area contributed by atoms with Crippen molar-refractivity contribution in [3.63, 3.8) is 0 Å². The maximum absolute atomic E-state index is 11.9. The van der Waals surface area contributed by atoms with Crippen LogP contribution in [0.25, 0.3) is 0 Å². The summed E-state index contributed by atoms with van der Waals surface area (Å²) in [5, 5.41) is 13.1. The molecule has 27 heavy (non-hydrogen) atoms. The minimum absolute atomic E-state index is 0.119. The van der Waals surface area contributed by atoms with Crippen LogP contribution in [0.15, 0.2) is 22.6 Å². The number of nitrogens with zero attached hydrogens (tertiary/aromatic N) is 4. The van der Waals surface area contributed by atoms with Crippen molar-refractivity contribution < 1.29 is 18.9 Å². The van der Waals surface area contributed by atoms with Crippen LogP contribution >= 0.6 is 0 Å². The van der Waals surface area contributed by atoms with Crippen molar-refractivity contribution in [1.29, 1.82) is 0 Å². The van der Waals surface area contributed by atoms with Crippen molar-refractivity contribution in [2.45, 2.75) is 26.2 Å². The molecular weight excluding hydrogens is 354 g/mol. The molecule has 1 aliphatic heterocycles. The zero-order chi connectivity index (χ0) is 19.2. The molecule has 1 amide bonds. The Morgan fingerprint density at radius 3 is 2.81 bits per heavy atom. The number of carbonyl (C=O) groups excluding carboxylic acids is 1. The zero-order valence-electron chi connectivity index (χ0n) is 15.0. The highest BCUT2D eigenvalue weighted by Crippen LogP contribution is 2.21. The molecule has 0 spiro atoms. The number of rotatable bonds is 7. The van der Waals surface area contributed by atoms with E-state index < -0.39 is 16.7 Å². The predicted octanol–water partition coefficient (Wildman–Crippen LogP) is 2.09. The number of aryl methyl sites for hydroxylation is 1. The Morgan fingerprint density at radius 1 is 1.33 bits per heavy atom. The van der Waals surface area contributed by atoms with Gasteiger partial charge in [0.1, 0.15) is 23.2 Å². The molecular formula is C17H21N5O5. The van der Waals surface area contributed by atoms with Gasteiger partial charge in [0.25, 0.3) is 5.91 Å². The van der Waals surface area contributed by atoms with Gasteiger partial charge in [-0.15, -0.1) is 0 Å². The van der Waals surface area contributed by atoms with Crippen LogP contribution in [0.3, 0.4) is 0 Å². The minimum Gasteiger partial charge on any atom is -0.476 e. The summed E-state index contributed by atoms with van der Waals surface area (Å²) in [6, 6.07) is 4.19. The van der Waals surface area contributed by atoms with Crippen molar-refractivity contribution in [2.75, 3.05) is 31.1 Å². The number of anilines is 1. The molecule has 0 bridgehead atoms. The van der Waals surface area contributed by atoms with Crippen LogP contribution in [-0.4, -0.2) is 47.0 Å². The first-order valence-corrected chi connectivity index (χ1v) is 8.79. The van der Waals surface area contributed by atoms with Crippen LogP contribution in [0.5, 0.6) is 5.88 Å². The van der Waals surface area contributed by atoms with Gasteiger partial charge in [-0.2, -0.15) is 4.98 Å². The van der Waals surface area contributed by atoms with E-state index in [1.54, 1.807) is 6.07 Å². The molecule has 1 aliphatic rings. The molecule has 10 heteroatoms. The number of aromatic nitrogens is 2. The predicted molar refractivity (Wildman–Crippen MR) is 96.0 cm³/mol. The van der Waals surface area contributed by atoms with Gasteiger partial charge in [0.15, 0.2) is 5.76 Å². The molecule has 0 aliphatic carbocycles. The lowest BCUT2D eigenvalue weighted by Crippen LogP contribution is -2.30. The Morgan fingerprint density at radius 2 is 2.11 bits per heavy atom. The SMILES string of the molecule is Cc1nc(OCCNC(=O)c2ccc([N+](=O)[O-])o2)cc(N2CCCCC2)n1. The highest BCUT2D eigenvalue weighted by Gasteiger charge is 2.17. The number of carbonyl (C=O) groups is 1. The number of amides is 1. The average molecular weight is 375 g/mol. The number of nitrogens with one attached hydrogen (secondary N) is 1. The van der Waals surface area contributed by atoms with E-state index in [4.69, 9.17) is 9.15 Å². The van der Waals surface area contributed by atoms with E-state index in [2.05, 4.69) is 20.2 Å². The first-order chi connectivity index (χ1) is 13.0. The van der Waals surface area contributed by atoms with Crippen LogP contribution in [0.2, 0.25) is 0 Å². The second kappa shape index (κ2) is 8.47. The Balaban J connectivity index is 1.50. The molecule has 1 saturated heterocycles. The maximum Gasteiger partial charge on any atom is 0.433 e. The average Bonchev–Trinajstić information content (AvgIpc) is 3.16. The van der Waals surface area contributed by atoms with Crippen LogP contribution in [0, 0.1) is 17.0 Å². The molecule has 3 rings (SSSR count). The highest BCUT2D eigenvalue weighted by molar-refractivity contribution is 5.91. The largest absolute Gasteiger partial charge is 0.476 e. The van der Waals surface area contributed by atoms with Gasteiger partial charge in [-0.1, -0.05) is 0 Å². The van der Waals surface area contributed by atoms with Gasteiger partial charge in [0.05, 0.1) is 12.6 Å².